The van der Waals surface area contributed by atoms with E-state index in [9.17, 15) is 14.7 Å². The predicted octanol–water partition coefficient (Wildman–Crippen LogP) is 2.98. The van der Waals surface area contributed by atoms with Gasteiger partial charge in [0.2, 0.25) is 0 Å². The lowest BCUT2D eigenvalue weighted by atomic mass is 10.0. The summed E-state index contributed by atoms with van der Waals surface area (Å²) < 4.78 is 16.2. The Labute approximate surface area is 170 Å². The van der Waals surface area contributed by atoms with Gasteiger partial charge in [0.15, 0.2) is 18.5 Å². The average molecular weight is 482 g/mol. The number of hydrogen-bond donors (Lipinski definition) is 1. The number of aliphatic hydroxyl groups is 1. The van der Waals surface area contributed by atoms with Gasteiger partial charge in [-0.15, -0.1) is 0 Å². The number of aliphatic hydroxyl groups excluding tert-OH is 1. The Hall–Kier alpha value is -1.97. The van der Waals surface area contributed by atoms with Crippen LogP contribution in [0.15, 0.2) is 60.7 Å². The molecule has 6 nitrogen and oxygen atoms in total. The third kappa shape index (κ3) is 4.66. The number of benzene rings is 2. The van der Waals surface area contributed by atoms with Gasteiger partial charge >= 0.3 is 11.9 Å². The Morgan fingerprint density at radius 3 is 1.81 bits per heavy atom. The molecule has 3 rings (SSSR count). The lowest BCUT2D eigenvalue weighted by molar-refractivity contribution is -0.237. The zero-order valence-corrected chi connectivity index (χ0v) is 16.7. The molecule has 0 radical (unpaired) electrons. The molecule has 142 valence electrons. The van der Waals surface area contributed by atoms with Crippen molar-refractivity contribution in [1.82, 2.24) is 0 Å². The SMILES string of the molecule is C[C@@H]1O[C@@H](O)[C@@H](OC(=O)c2ccccc2)[C@H](OC(=O)c2ccccc2)[C@H]1I. The second kappa shape index (κ2) is 8.81. The molecule has 0 spiro atoms. The van der Waals surface area contributed by atoms with Crippen LogP contribution in [0.1, 0.15) is 27.6 Å². The van der Waals surface area contributed by atoms with Crippen LogP contribution >= 0.6 is 22.6 Å². The first kappa shape index (κ1) is 19.8. The van der Waals surface area contributed by atoms with E-state index < -0.39 is 30.4 Å². The maximum Gasteiger partial charge on any atom is 0.338 e. The molecule has 0 aromatic heterocycles. The van der Waals surface area contributed by atoms with Crippen molar-refractivity contribution in [2.75, 3.05) is 0 Å². The Kier molecular flexibility index (Phi) is 6.46. The fourth-order valence-electron chi connectivity index (χ4n) is 2.77. The molecule has 2 aromatic rings. The third-order valence-corrected chi connectivity index (χ3v) is 5.95. The molecule has 1 fully saturated rings. The number of esters is 2. The maximum atomic E-state index is 12.5. The van der Waals surface area contributed by atoms with Crippen LogP contribution in [0, 0.1) is 0 Å². The van der Waals surface area contributed by atoms with Crippen molar-refractivity contribution in [2.24, 2.45) is 0 Å². The van der Waals surface area contributed by atoms with Crippen LogP contribution in [-0.2, 0) is 14.2 Å². The van der Waals surface area contributed by atoms with Gasteiger partial charge in [0.25, 0.3) is 0 Å². The Balaban J connectivity index is 1.80. The average Bonchev–Trinajstić information content (AvgIpc) is 2.69. The Bertz CT molecular complexity index is 782. The van der Waals surface area contributed by atoms with Crippen LogP contribution in [0.2, 0.25) is 0 Å². The van der Waals surface area contributed by atoms with E-state index in [1.807, 2.05) is 0 Å². The first-order valence-electron chi connectivity index (χ1n) is 8.47. The Morgan fingerprint density at radius 1 is 0.889 bits per heavy atom. The molecule has 0 amide bonds. The largest absolute Gasteiger partial charge is 0.453 e. The summed E-state index contributed by atoms with van der Waals surface area (Å²) in [5, 5.41) is 10.3. The molecule has 7 heteroatoms. The number of carbonyl (C=O) groups excluding carboxylic acids is 2. The number of alkyl halides is 1. The van der Waals surface area contributed by atoms with E-state index >= 15 is 0 Å². The first-order chi connectivity index (χ1) is 13.0. The van der Waals surface area contributed by atoms with Crippen molar-refractivity contribution in [3.05, 3.63) is 71.8 Å². The minimum Gasteiger partial charge on any atom is -0.453 e. The van der Waals surface area contributed by atoms with E-state index in [1.165, 1.54) is 0 Å². The molecule has 2 aromatic carbocycles. The van der Waals surface area contributed by atoms with Crippen molar-refractivity contribution >= 4 is 34.5 Å². The number of halogens is 1. The third-order valence-electron chi connectivity index (χ3n) is 4.23. The lowest BCUT2D eigenvalue weighted by Crippen LogP contribution is -2.57. The quantitative estimate of drug-likeness (QED) is 0.410. The van der Waals surface area contributed by atoms with Gasteiger partial charge in [-0.3, -0.25) is 0 Å². The summed E-state index contributed by atoms with van der Waals surface area (Å²) in [6.07, 6.45) is -3.78. The fourth-order valence-corrected chi connectivity index (χ4v) is 3.50. The molecular weight excluding hydrogens is 463 g/mol. The van der Waals surface area contributed by atoms with Gasteiger partial charge < -0.3 is 19.3 Å². The van der Waals surface area contributed by atoms with Gasteiger partial charge in [-0.1, -0.05) is 59.0 Å². The molecular formula is C20H19IO6. The van der Waals surface area contributed by atoms with Gasteiger partial charge in [0, 0.05) is 0 Å². The van der Waals surface area contributed by atoms with Crippen LogP contribution in [0.4, 0.5) is 0 Å². The van der Waals surface area contributed by atoms with Crippen molar-refractivity contribution in [2.45, 2.75) is 35.5 Å². The number of rotatable bonds is 4. The maximum absolute atomic E-state index is 12.5. The van der Waals surface area contributed by atoms with Gasteiger partial charge in [-0.25, -0.2) is 9.59 Å². The number of hydrogen-bond acceptors (Lipinski definition) is 6. The van der Waals surface area contributed by atoms with Gasteiger partial charge in [0.05, 0.1) is 21.2 Å². The predicted molar refractivity (Wildman–Crippen MR) is 106 cm³/mol. The normalized spacial score (nSPS) is 27.6. The first-order valence-corrected chi connectivity index (χ1v) is 9.71. The molecule has 0 unspecified atom stereocenters. The highest BCUT2D eigenvalue weighted by molar-refractivity contribution is 14.1. The zero-order valence-electron chi connectivity index (χ0n) is 14.5. The molecule has 0 bridgehead atoms. The van der Waals surface area contributed by atoms with E-state index in [0.717, 1.165) is 0 Å². The highest BCUT2D eigenvalue weighted by Crippen LogP contribution is 2.31. The topological polar surface area (TPSA) is 82.1 Å². The van der Waals surface area contributed by atoms with Gasteiger partial charge in [0.1, 0.15) is 0 Å². The van der Waals surface area contributed by atoms with E-state index in [0.29, 0.717) is 11.1 Å². The van der Waals surface area contributed by atoms with E-state index in [4.69, 9.17) is 14.2 Å². The summed E-state index contributed by atoms with van der Waals surface area (Å²) in [5.74, 6) is -1.17. The summed E-state index contributed by atoms with van der Waals surface area (Å²) in [6, 6.07) is 16.9. The molecule has 0 aliphatic carbocycles. The molecule has 1 aliphatic heterocycles. The van der Waals surface area contributed by atoms with Gasteiger partial charge in [-0.2, -0.15) is 0 Å². The van der Waals surface area contributed by atoms with E-state index in [2.05, 4.69) is 22.6 Å². The monoisotopic (exact) mass is 482 g/mol. The van der Waals surface area contributed by atoms with E-state index in [1.54, 1.807) is 67.6 Å². The van der Waals surface area contributed by atoms with Crippen LogP contribution in [0.5, 0.6) is 0 Å². The summed E-state index contributed by atoms with van der Waals surface area (Å²) in [4.78, 5) is 24.9. The van der Waals surface area contributed by atoms with Crippen LogP contribution in [0.3, 0.4) is 0 Å². The zero-order chi connectivity index (χ0) is 19.4. The van der Waals surface area contributed by atoms with E-state index in [-0.39, 0.29) is 10.0 Å². The van der Waals surface area contributed by atoms with Crippen LogP contribution < -0.4 is 0 Å². The number of carbonyl (C=O) groups is 2. The molecule has 27 heavy (non-hydrogen) atoms. The van der Waals surface area contributed by atoms with Crippen molar-refractivity contribution in [1.29, 1.82) is 0 Å². The fraction of sp³-hybridized carbons (Fsp3) is 0.300. The molecule has 1 aliphatic rings. The summed E-state index contributed by atoms with van der Waals surface area (Å²) >= 11 is 2.08. The summed E-state index contributed by atoms with van der Waals surface area (Å²) in [6.45, 7) is 1.76. The van der Waals surface area contributed by atoms with Crippen LogP contribution in [0.25, 0.3) is 0 Å². The molecule has 5 atom stereocenters. The lowest BCUT2D eigenvalue weighted by Gasteiger charge is -2.40. The van der Waals surface area contributed by atoms with Crippen molar-refractivity contribution < 1.29 is 28.9 Å². The molecule has 1 N–H and O–H groups in total. The molecule has 1 saturated heterocycles. The molecule has 0 saturated carbocycles. The minimum absolute atomic E-state index is 0.313. The Morgan fingerprint density at radius 2 is 1.33 bits per heavy atom. The second-order valence-electron chi connectivity index (χ2n) is 6.15. The standard InChI is InChI=1S/C20H19IO6/c1-12-15(21)16(26-18(22)13-8-4-2-5-9-13)17(20(24)25-12)27-19(23)14-10-6-3-7-11-14/h2-12,15-17,20,24H,1H3/t12-,15-,16+,17-,20+/m0/s1. The summed E-state index contributed by atoms with van der Waals surface area (Å²) in [5.41, 5.74) is 0.712. The van der Waals surface area contributed by atoms with Crippen LogP contribution in [-0.4, -0.2) is 45.6 Å². The highest BCUT2D eigenvalue weighted by Gasteiger charge is 2.47. The second-order valence-corrected chi connectivity index (χ2v) is 7.59. The number of ether oxygens (including phenoxy) is 3. The highest BCUT2D eigenvalue weighted by atomic mass is 127. The van der Waals surface area contributed by atoms with Crippen molar-refractivity contribution in [3.8, 4) is 0 Å². The van der Waals surface area contributed by atoms with Crippen molar-refractivity contribution in [3.63, 3.8) is 0 Å². The minimum atomic E-state index is -1.40. The smallest absolute Gasteiger partial charge is 0.338 e. The van der Waals surface area contributed by atoms with Gasteiger partial charge in [-0.05, 0) is 31.2 Å². The summed E-state index contributed by atoms with van der Waals surface area (Å²) in [7, 11) is 0. The molecule has 1 heterocycles.